The molecule has 0 radical (unpaired) electrons. The maximum absolute atomic E-state index is 12.5. The normalized spacial score (nSPS) is 10.6. The molecule has 0 aliphatic carbocycles. The van der Waals surface area contributed by atoms with Gasteiger partial charge in [-0.25, -0.2) is 4.98 Å². The van der Waals surface area contributed by atoms with Crippen molar-refractivity contribution in [2.45, 2.75) is 12.8 Å². The number of carbonyl (C=O) groups is 2. The molecule has 2 aromatic heterocycles. The fourth-order valence-electron chi connectivity index (χ4n) is 3.38. The summed E-state index contributed by atoms with van der Waals surface area (Å²) in [5.41, 5.74) is 2.65. The van der Waals surface area contributed by atoms with Gasteiger partial charge in [-0.15, -0.1) is 0 Å². The first kappa shape index (κ1) is 24.0. The van der Waals surface area contributed by atoms with Gasteiger partial charge < -0.3 is 24.5 Å². The molecular weight excluding hydrogens is 466 g/mol. The highest BCUT2D eigenvalue weighted by atomic mass is 32.1. The molecule has 4 aromatic rings. The van der Waals surface area contributed by atoms with Crippen molar-refractivity contribution < 1.29 is 23.5 Å². The number of thiazole rings is 1. The number of hydrogen-bond acceptors (Lipinski definition) is 7. The molecule has 2 heterocycles. The first-order valence-corrected chi connectivity index (χ1v) is 11.8. The molecule has 0 saturated heterocycles. The van der Waals surface area contributed by atoms with E-state index in [1.54, 1.807) is 26.4 Å². The Labute approximate surface area is 206 Å². The lowest BCUT2D eigenvalue weighted by Gasteiger charge is -2.05. The number of amides is 2. The van der Waals surface area contributed by atoms with Crippen molar-refractivity contribution in [1.82, 2.24) is 10.3 Å². The molecule has 35 heavy (non-hydrogen) atoms. The summed E-state index contributed by atoms with van der Waals surface area (Å²) in [4.78, 5) is 30.1. The SMILES string of the molecule is COc1ccc(-c2nc(NC(=O)CCCNC(=O)c3ccco3)sc2-c2ccc(OC)cc2)cc1. The molecule has 180 valence electrons. The number of anilines is 1. The minimum atomic E-state index is -0.302. The molecule has 4 rings (SSSR count). The summed E-state index contributed by atoms with van der Waals surface area (Å²) < 4.78 is 15.6. The molecule has 0 aliphatic rings. The second-order valence-corrected chi connectivity index (χ2v) is 8.54. The molecule has 2 N–H and O–H groups in total. The zero-order valence-electron chi connectivity index (χ0n) is 19.4. The molecule has 2 amide bonds. The van der Waals surface area contributed by atoms with E-state index in [2.05, 4.69) is 10.6 Å². The molecule has 0 bridgehead atoms. The first-order chi connectivity index (χ1) is 17.1. The van der Waals surface area contributed by atoms with Crippen LogP contribution in [0.1, 0.15) is 23.4 Å². The molecule has 9 heteroatoms. The largest absolute Gasteiger partial charge is 0.497 e. The van der Waals surface area contributed by atoms with Crippen LogP contribution in [0.3, 0.4) is 0 Å². The van der Waals surface area contributed by atoms with Crippen LogP contribution in [0, 0.1) is 0 Å². The highest BCUT2D eigenvalue weighted by Crippen LogP contribution is 2.40. The van der Waals surface area contributed by atoms with E-state index in [1.165, 1.54) is 17.6 Å². The summed E-state index contributed by atoms with van der Waals surface area (Å²) in [6.07, 6.45) is 2.17. The highest BCUT2D eigenvalue weighted by Gasteiger charge is 2.17. The Morgan fingerprint density at radius 2 is 1.60 bits per heavy atom. The predicted molar refractivity (Wildman–Crippen MR) is 135 cm³/mol. The average Bonchev–Trinajstić information content (AvgIpc) is 3.57. The number of aromatic nitrogens is 1. The van der Waals surface area contributed by atoms with Gasteiger partial charge in [0, 0.05) is 18.5 Å². The minimum absolute atomic E-state index is 0.173. The van der Waals surface area contributed by atoms with Crippen molar-refractivity contribution in [3.8, 4) is 33.2 Å². The fourth-order valence-corrected chi connectivity index (χ4v) is 4.39. The van der Waals surface area contributed by atoms with Gasteiger partial charge in [0.1, 0.15) is 11.5 Å². The maximum Gasteiger partial charge on any atom is 0.286 e. The van der Waals surface area contributed by atoms with Gasteiger partial charge >= 0.3 is 0 Å². The Balaban J connectivity index is 1.45. The third-order valence-corrected chi connectivity index (χ3v) is 6.22. The zero-order valence-corrected chi connectivity index (χ0v) is 20.2. The molecular formula is C26H25N3O5S. The van der Waals surface area contributed by atoms with Crippen molar-refractivity contribution in [3.63, 3.8) is 0 Å². The van der Waals surface area contributed by atoms with Gasteiger partial charge in [-0.05, 0) is 72.6 Å². The van der Waals surface area contributed by atoms with Crippen LogP contribution in [0.4, 0.5) is 5.13 Å². The summed E-state index contributed by atoms with van der Waals surface area (Å²) in [5.74, 6) is 1.28. The summed E-state index contributed by atoms with van der Waals surface area (Å²) in [5, 5.41) is 6.13. The highest BCUT2D eigenvalue weighted by molar-refractivity contribution is 7.19. The number of furan rings is 1. The Morgan fingerprint density at radius 1 is 0.943 bits per heavy atom. The number of rotatable bonds is 10. The van der Waals surface area contributed by atoms with E-state index in [0.717, 1.165) is 33.2 Å². The molecule has 0 spiro atoms. The van der Waals surface area contributed by atoms with Crippen LogP contribution >= 0.6 is 11.3 Å². The number of hydrogen-bond donors (Lipinski definition) is 2. The lowest BCUT2D eigenvalue weighted by atomic mass is 10.1. The van der Waals surface area contributed by atoms with Crippen molar-refractivity contribution in [1.29, 1.82) is 0 Å². The van der Waals surface area contributed by atoms with E-state index < -0.39 is 0 Å². The molecule has 0 atom stereocenters. The number of benzene rings is 2. The minimum Gasteiger partial charge on any atom is -0.497 e. The van der Waals surface area contributed by atoms with Crippen molar-refractivity contribution in [2.75, 3.05) is 26.1 Å². The van der Waals surface area contributed by atoms with Gasteiger partial charge in [-0.3, -0.25) is 9.59 Å². The van der Waals surface area contributed by atoms with Crippen molar-refractivity contribution in [3.05, 3.63) is 72.7 Å². The summed E-state index contributed by atoms with van der Waals surface area (Å²) in [7, 11) is 3.25. The molecule has 0 aliphatic heterocycles. The van der Waals surface area contributed by atoms with Crippen LogP contribution in [0.15, 0.2) is 71.3 Å². The van der Waals surface area contributed by atoms with Gasteiger partial charge in [-0.1, -0.05) is 11.3 Å². The molecule has 8 nitrogen and oxygen atoms in total. The number of nitrogens with zero attached hydrogens (tertiary/aromatic N) is 1. The Bertz CT molecular complexity index is 1200. The lowest BCUT2D eigenvalue weighted by molar-refractivity contribution is -0.116. The Hall–Kier alpha value is -4.11. The second-order valence-electron chi connectivity index (χ2n) is 7.54. The first-order valence-electron chi connectivity index (χ1n) is 11.0. The van der Waals surface area contributed by atoms with Crippen molar-refractivity contribution >= 4 is 28.3 Å². The number of carbonyl (C=O) groups excluding carboxylic acids is 2. The van der Waals surface area contributed by atoms with Crippen LogP contribution in [0.25, 0.3) is 21.7 Å². The monoisotopic (exact) mass is 491 g/mol. The summed E-state index contributed by atoms with van der Waals surface area (Å²) >= 11 is 1.40. The second kappa shape index (κ2) is 11.3. The quantitative estimate of drug-likeness (QED) is 0.294. The van der Waals surface area contributed by atoms with Crippen LogP contribution < -0.4 is 20.1 Å². The van der Waals surface area contributed by atoms with E-state index in [1.807, 2.05) is 48.5 Å². The van der Waals surface area contributed by atoms with Crippen LogP contribution in [0.2, 0.25) is 0 Å². The summed E-state index contributed by atoms with van der Waals surface area (Å²) in [6, 6.07) is 18.6. The fraction of sp³-hybridized carbons (Fsp3) is 0.192. The van der Waals surface area contributed by atoms with E-state index in [-0.39, 0.29) is 24.0 Å². The number of ether oxygens (including phenoxy) is 2. The molecule has 0 saturated carbocycles. The molecule has 0 fully saturated rings. The van der Waals surface area contributed by atoms with Gasteiger partial charge in [0.25, 0.3) is 5.91 Å². The van der Waals surface area contributed by atoms with E-state index in [9.17, 15) is 9.59 Å². The lowest BCUT2D eigenvalue weighted by Crippen LogP contribution is -2.25. The van der Waals surface area contributed by atoms with Gasteiger partial charge in [0.2, 0.25) is 5.91 Å². The van der Waals surface area contributed by atoms with Crippen molar-refractivity contribution in [2.24, 2.45) is 0 Å². The van der Waals surface area contributed by atoms with Crippen LogP contribution in [-0.2, 0) is 4.79 Å². The predicted octanol–water partition coefficient (Wildman–Crippen LogP) is 5.24. The van der Waals surface area contributed by atoms with Gasteiger partial charge in [0.15, 0.2) is 10.9 Å². The Morgan fingerprint density at radius 3 is 2.20 bits per heavy atom. The average molecular weight is 492 g/mol. The zero-order chi connectivity index (χ0) is 24.6. The van der Waals surface area contributed by atoms with E-state index >= 15 is 0 Å². The van der Waals surface area contributed by atoms with Gasteiger partial charge in [0.05, 0.1) is 31.1 Å². The summed E-state index contributed by atoms with van der Waals surface area (Å²) in [6.45, 7) is 0.360. The van der Waals surface area contributed by atoms with E-state index in [0.29, 0.717) is 18.1 Å². The number of methoxy groups -OCH3 is 2. The molecule has 0 unspecified atom stereocenters. The van der Waals surface area contributed by atoms with Crippen LogP contribution in [0.5, 0.6) is 11.5 Å². The van der Waals surface area contributed by atoms with Gasteiger partial charge in [-0.2, -0.15) is 0 Å². The maximum atomic E-state index is 12.5. The number of nitrogens with one attached hydrogen (secondary N) is 2. The smallest absolute Gasteiger partial charge is 0.286 e. The topological polar surface area (TPSA) is 103 Å². The van der Waals surface area contributed by atoms with E-state index in [4.69, 9.17) is 18.9 Å². The standard InChI is InChI=1S/C26H25N3O5S/c1-32-19-11-7-17(8-12-19)23-24(18-9-13-20(33-2)14-10-18)35-26(29-23)28-22(30)6-3-15-27-25(31)21-5-4-16-34-21/h4-5,7-14,16H,3,6,15H2,1-2H3,(H,27,31)(H,28,29,30). The molecule has 2 aromatic carbocycles. The van der Waals surface area contributed by atoms with Crippen LogP contribution in [-0.4, -0.2) is 37.6 Å². The third-order valence-electron chi connectivity index (χ3n) is 5.20. The third kappa shape index (κ3) is 6.07. The Kier molecular flexibility index (Phi) is 7.79.